The highest BCUT2D eigenvalue weighted by Gasteiger charge is 2.32. The topological polar surface area (TPSA) is 115 Å². The molecule has 8 heteroatoms. The van der Waals surface area contributed by atoms with Crippen molar-refractivity contribution in [3.8, 4) is 22.8 Å². The van der Waals surface area contributed by atoms with Crippen LogP contribution in [0.5, 0.6) is 11.5 Å². The lowest BCUT2D eigenvalue weighted by atomic mass is 9.81. The van der Waals surface area contributed by atoms with Crippen molar-refractivity contribution < 1.29 is 15.0 Å². The Morgan fingerprint density at radius 1 is 1.25 bits per heavy atom. The lowest BCUT2D eigenvalue weighted by Gasteiger charge is -2.33. The summed E-state index contributed by atoms with van der Waals surface area (Å²) in [5, 5.41) is 27.4. The van der Waals surface area contributed by atoms with Crippen LogP contribution in [0.1, 0.15) is 36.9 Å². The van der Waals surface area contributed by atoms with Crippen molar-refractivity contribution >= 4 is 17.5 Å². The predicted molar refractivity (Wildman–Crippen MR) is 106 cm³/mol. The highest BCUT2D eigenvalue weighted by atomic mass is 35.5. The van der Waals surface area contributed by atoms with Crippen LogP contribution in [0.25, 0.3) is 11.3 Å². The second-order valence-electron chi connectivity index (χ2n) is 7.81. The zero-order chi connectivity index (χ0) is 19.8. The summed E-state index contributed by atoms with van der Waals surface area (Å²) in [5.41, 5.74) is 8.64. The van der Waals surface area contributed by atoms with Gasteiger partial charge in [0, 0.05) is 48.3 Å². The first-order valence-corrected chi connectivity index (χ1v) is 10.1. The molecule has 2 aromatic rings. The number of phenolic OH excluding ortho intramolecular Hbond substituents is 2. The van der Waals surface area contributed by atoms with E-state index < -0.39 is 0 Å². The van der Waals surface area contributed by atoms with Crippen molar-refractivity contribution in [2.24, 2.45) is 17.6 Å². The molecule has 0 bridgehead atoms. The number of aromatic nitrogens is 2. The van der Waals surface area contributed by atoms with Gasteiger partial charge in [-0.1, -0.05) is 11.6 Å². The average molecular weight is 405 g/mol. The summed E-state index contributed by atoms with van der Waals surface area (Å²) < 4.78 is 0. The third kappa shape index (κ3) is 3.44. The highest BCUT2D eigenvalue weighted by molar-refractivity contribution is 6.32. The maximum Gasteiger partial charge on any atom is 0.225 e. The molecule has 1 aromatic heterocycles. The molecule has 4 rings (SSSR count). The molecule has 0 saturated heterocycles. The van der Waals surface area contributed by atoms with Gasteiger partial charge in [-0.2, -0.15) is 5.10 Å². The summed E-state index contributed by atoms with van der Waals surface area (Å²) in [5.74, 6) is 0.522. The van der Waals surface area contributed by atoms with Crippen LogP contribution in [0.3, 0.4) is 0 Å². The lowest BCUT2D eigenvalue weighted by molar-refractivity contribution is -0.137. The Labute approximate surface area is 168 Å². The quantitative estimate of drug-likeness (QED) is 0.627. The number of H-pyrrole nitrogens is 1. The molecule has 1 amide bonds. The number of amides is 1. The summed E-state index contributed by atoms with van der Waals surface area (Å²) in [6.07, 6.45) is 4.53. The fourth-order valence-corrected chi connectivity index (χ4v) is 4.51. The fraction of sp³-hybridized carbons (Fsp3) is 0.500. The first-order valence-electron chi connectivity index (χ1n) is 9.74. The third-order valence-corrected chi connectivity index (χ3v) is 6.40. The molecule has 0 radical (unpaired) electrons. The molecule has 1 aromatic carbocycles. The van der Waals surface area contributed by atoms with E-state index in [4.69, 9.17) is 17.3 Å². The van der Waals surface area contributed by atoms with Crippen molar-refractivity contribution in [3.63, 3.8) is 0 Å². The van der Waals surface area contributed by atoms with E-state index in [9.17, 15) is 15.0 Å². The molecule has 1 aliphatic heterocycles. The molecule has 0 unspecified atom stereocenters. The zero-order valence-corrected chi connectivity index (χ0v) is 16.4. The Morgan fingerprint density at radius 3 is 2.71 bits per heavy atom. The van der Waals surface area contributed by atoms with E-state index >= 15 is 0 Å². The van der Waals surface area contributed by atoms with E-state index in [1.807, 2.05) is 4.90 Å². The van der Waals surface area contributed by atoms with E-state index in [0.29, 0.717) is 43.2 Å². The zero-order valence-electron chi connectivity index (χ0n) is 15.6. The second kappa shape index (κ2) is 7.64. The number of rotatable bonds is 3. The van der Waals surface area contributed by atoms with Crippen LogP contribution in [0.15, 0.2) is 12.1 Å². The number of hydrogen-bond donors (Lipinski definition) is 4. The van der Waals surface area contributed by atoms with Crippen molar-refractivity contribution in [2.45, 2.75) is 38.6 Å². The van der Waals surface area contributed by atoms with Gasteiger partial charge in [0.15, 0.2) is 0 Å². The minimum atomic E-state index is -0.183. The van der Waals surface area contributed by atoms with Gasteiger partial charge in [-0.3, -0.25) is 9.89 Å². The Kier molecular flexibility index (Phi) is 5.21. The molecule has 150 valence electrons. The molecule has 1 aliphatic carbocycles. The molecule has 1 fully saturated rings. The van der Waals surface area contributed by atoms with Crippen LogP contribution >= 0.6 is 11.6 Å². The summed E-state index contributed by atoms with van der Waals surface area (Å²) in [7, 11) is 0. The van der Waals surface area contributed by atoms with Gasteiger partial charge in [-0.05, 0) is 44.2 Å². The van der Waals surface area contributed by atoms with Gasteiger partial charge in [0.1, 0.15) is 17.2 Å². The molecular weight excluding hydrogens is 380 g/mol. The van der Waals surface area contributed by atoms with Gasteiger partial charge < -0.3 is 20.8 Å². The molecule has 0 spiro atoms. The standard InChI is InChI=1S/C20H25ClN4O3/c21-15-7-13(17(26)8-18(15)27)19-14-10-25(6-5-16(14)23-24-19)20(28)12-3-1-11(9-22)2-4-12/h7-8,11-12,26-27H,1-6,9-10,22H2,(H,23,24). The number of benzene rings is 1. The van der Waals surface area contributed by atoms with Crippen LogP contribution in [0, 0.1) is 11.8 Å². The Morgan fingerprint density at radius 2 is 2.00 bits per heavy atom. The number of phenols is 2. The van der Waals surface area contributed by atoms with Gasteiger partial charge in [-0.15, -0.1) is 0 Å². The van der Waals surface area contributed by atoms with E-state index in [-0.39, 0.29) is 28.3 Å². The molecule has 28 heavy (non-hydrogen) atoms. The largest absolute Gasteiger partial charge is 0.507 e. The van der Waals surface area contributed by atoms with E-state index in [2.05, 4.69) is 10.2 Å². The smallest absolute Gasteiger partial charge is 0.225 e. The second-order valence-corrected chi connectivity index (χ2v) is 8.22. The normalized spacial score (nSPS) is 22.1. The van der Waals surface area contributed by atoms with E-state index in [1.54, 1.807) is 0 Å². The summed E-state index contributed by atoms with van der Waals surface area (Å²) in [6, 6.07) is 2.71. The first-order chi connectivity index (χ1) is 13.5. The SMILES string of the molecule is NCC1CCC(C(=O)N2CCc3[nH]nc(-c4cc(Cl)c(O)cc4O)c3C2)CC1. The summed E-state index contributed by atoms with van der Waals surface area (Å²) in [6.45, 7) is 1.81. The first kappa shape index (κ1) is 19.1. The fourth-order valence-electron chi connectivity index (χ4n) is 4.35. The Bertz CT molecular complexity index is 890. The maximum absolute atomic E-state index is 13.1. The number of carbonyl (C=O) groups is 1. The van der Waals surface area contributed by atoms with Crippen molar-refractivity contribution in [1.29, 1.82) is 0 Å². The van der Waals surface area contributed by atoms with Crippen molar-refractivity contribution in [3.05, 3.63) is 28.4 Å². The molecule has 0 atom stereocenters. The number of nitrogens with one attached hydrogen (secondary N) is 1. The van der Waals surface area contributed by atoms with E-state index in [0.717, 1.165) is 36.9 Å². The van der Waals surface area contributed by atoms with Crippen LogP contribution in [-0.2, 0) is 17.8 Å². The van der Waals surface area contributed by atoms with Gasteiger partial charge in [-0.25, -0.2) is 0 Å². The molecule has 2 aliphatic rings. The van der Waals surface area contributed by atoms with Gasteiger partial charge in [0.05, 0.1) is 5.02 Å². The maximum atomic E-state index is 13.1. The average Bonchev–Trinajstić information content (AvgIpc) is 3.13. The van der Waals surface area contributed by atoms with E-state index in [1.165, 1.54) is 12.1 Å². The number of hydrogen-bond acceptors (Lipinski definition) is 5. The number of carbonyl (C=O) groups excluding carboxylic acids is 1. The Balaban J connectivity index is 1.55. The molecule has 5 N–H and O–H groups in total. The van der Waals surface area contributed by atoms with Crippen LogP contribution in [0.4, 0.5) is 0 Å². The number of nitrogens with two attached hydrogens (primary N) is 1. The molecule has 2 heterocycles. The number of aromatic amines is 1. The third-order valence-electron chi connectivity index (χ3n) is 6.09. The van der Waals surface area contributed by atoms with Gasteiger partial charge >= 0.3 is 0 Å². The summed E-state index contributed by atoms with van der Waals surface area (Å²) in [4.78, 5) is 15.0. The molecular formula is C20H25ClN4O3. The molecule has 1 saturated carbocycles. The monoisotopic (exact) mass is 404 g/mol. The Hall–Kier alpha value is -2.25. The van der Waals surface area contributed by atoms with Crippen LogP contribution < -0.4 is 5.73 Å². The minimum Gasteiger partial charge on any atom is -0.507 e. The lowest BCUT2D eigenvalue weighted by Crippen LogP contribution is -2.41. The minimum absolute atomic E-state index is 0.0659. The number of halogens is 1. The predicted octanol–water partition coefficient (Wildman–Crippen LogP) is 2.79. The number of fused-ring (bicyclic) bond motifs is 1. The summed E-state index contributed by atoms with van der Waals surface area (Å²) >= 11 is 6.02. The van der Waals surface area contributed by atoms with Crippen LogP contribution in [0.2, 0.25) is 5.02 Å². The van der Waals surface area contributed by atoms with Gasteiger partial charge in [0.2, 0.25) is 5.91 Å². The number of aromatic hydroxyl groups is 2. The van der Waals surface area contributed by atoms with Crippen molar-refractivity contribution in [2.75, 3.05) is 13.1 Å². The van der Waals surface area contributed by atoms with Gasteiger partial charge in [0.25, 0.3) is 0 Å². The molecule has 7 nitrogen and oxygen atoms in total. The van der Waals surface area contributed by atoms with Crippen LogP contribution in [-0.4, -0.2) is 44.3 Å². The number of nitrogens with zero attached hydrogens (tertiary/aromatic N) is 2. The van der Waals surface area contributed by atoms with Crippen molar-refractivity contribution in [1.82, 2.24) is 15.1 Å². The highest BCUT2D eigenvalue weighted by Crippen LogP contribution is 2.40.